The second-order valence-electron chi connectivity index (χ2n) is 7.26. The quantitative estimate of drug-likeness (QED) is 0.472. The van der Waals surface area contributed by atoms with Gasteiger partial charge in [-0.3, -0.25) is 9.59 Å². The van der Waals surface area contributed by atoms with Crippen LogP contribution in [0.15, 0.2) is 36.0 Å². The lowest BCUT2D eigenvalue weighted by atomic mass is 9.95. The lowest BCUT2D eigenvalue weighted by Crippen LogP contribution is -2.35. The van der Waals surface area contributed by atoms with Gasteiger partial charge in [0.2, 0.25) is 0 Å². The number of carbonyl (C=O) groups excluding carboxylic acids is 2. The molecule has 0 aliphatic carbocycles. The molecule has 7 nitrogen and oxygen atoms in total. The third-order valence-corrected chi connectivity index (χ3v) is 4.87. The lowest BCUT2D eigenvalue weighted by molar-refractivity contribution is -0.140. The number of benzene rings is 1. The van der Waals surface area contributed by atoms with Gasteiger partial charge in [0.15, 0.2) is 0 Å². The summed E-state index contributed by atoms with van der Waals surface area (Å²) in [6, 6.07) is 4.74. The van der Waals surface area contributed by atoms with Crippen molar-refractivity contribution in [2.75, 3.05) is 27.2 Å². The zero-order valence-electron chi connectivity index (χ0n) is 16.8. The van der Waals surface area contributed by atoms with Gasteiger partial charge < -0.3 is 14.9 Å². The van der Waals surface area contributed by atoms with Crippen LogP contribution in [0.3, 0.4) is 0 Å². The van der Waals surface area contributed by atoms with Crippen LogP contribution in [0.2, 0.25) is 0 Å². The van der Waals surface area contributed by atoms with Crippen LogP contribution < -0.4 is 0 Å². The molecule has 0 saturated carbocycles. The minimum atomic E-state index is -0.823. The van der Waals surface area contributed by atoms with E-state index in [4.69, 9.17) is 0 Å². The minimum Gasteiger partial charge on any atom is -0.507 e. The van der Waals surface area contributed by atoms with Crippen molar-refractivity contribution in [2.45, 2.75) is 19.9 Å². The van der Waals surface area contributed by atoms with E-state index >= 15 is 0 Å². The number of likely N-dealkylation sites (tertiary alicyclic amines) is 1. The minimum absolute atomic E-state index is 0.0454. The Hall–Kier alpha value is -3.13. The first-order valence-corrected chi connectivity index (χ1v) is 9.20. The third-order valence-electron chi connectivity index (χ3n) is 4.87. The van der Waals surface area contributed by atoms with Crippen molar-refractivity contribution in [3.63, 3.8) is 0 Å². The highest BCUT2D eigenvalue weighted by atomic mass is 19.1. The van der Waals surface area contributed by atoms with Crippen LogP contribution >= 0.6 is 0 Å². The summed E-state index contributed by atoms with van der Waals surface area (Å²) < 4.78 is 13.5. The molecule has 0 radical (unpaired) electrons. The molecule has 0 bridgehead atoms. The fraction of sp³-hybridized carbons (Fsp3) is 0.333. The molecule has 1 atom stereocenters. The maximum absolute atomic E-state index is 13.5. The van der Waals surface area contributed by atoms with E-state index in [1.54, 1.807) is 13.8 Å². The topological polar surface area (TPSA) is 86.6 Å². The number of hydrogen-bond acceptors (Lipinski definition) is 6. The Morgan fingerprint density at radius 1 is 1.21 bits per heavy atom. The van der Waals surface area contributed by atoms with E-state index in [2.05, 4.69) is 9.97 Å². The molecule has 1 fully saturated rings. The molecule has 29 heavy (non-hydrogen) atoms. The first kappa shape index (κ1) is 20.6. The Morgan fingerprint density at radius 2 is 1.86 bits per heavy atom. The van der Waals surface area contributed by atoms with E-state index in [0.29, 0.717) is 23.6 Å². The van der Waals surface area contributed by atoms with E-state index in [0.717, 1.165) is 0 Å². The average molecular weight is 398 g/mol. The Bertz CT molecular complexity index is 986. The summed E-state index contributed by atoms with van der Waals surface area (Å²) in [5, 5.41) is 11.0. The Morgan fingerprint density at radius 3 is 2.45 bits per heavy atom. The van der Waals surface area contributed by atoms with Gasteiger partial charge in [0.25, 0.3) is 11.7 Å². The van der Waals surface area contributed by atoms with Crippen molar-refractivity contribution >= 4 is 17.4 Å². The summed E-state index contributed by atoms with van der Waals surface area (Å²) in [7, 11) is 3.72. The second-order valence-corrected chi connectivity index (χ2v) is 7.26. The molecule has 1 aliphatic heterocycles. The number of rotatable bonds is 5. The van der Waals surface area contributed by atoms with E-state index < -0.39 is 23.5 Å². The molecular formula is C21H23FN4O3. The van der Waals surface area contributed by atoms with Gasteiger partial charge in [0.1, 0.15) is 17.4 Å². The zero-order valence-corrected chi connectivity index (χ0v) is 16.8. The number of amides is 1. The molecule has 1 aliphatic rings. The molecule has 152 valence electrons. The fourth-order valence-electron chi connectivity index (χ4n) is 3.37. The third kappa shape index (κ3) is 4.02. The van der Waals surface area contributed by atoms with Gasteiger partial charge in [0, 0.05) is 19.3 Å². The molecule has 1 amide bonds. The fourth-order valence-corrected chi connectivity index (χ4v) is 3.37. The predicted octanol–water partition coefficient (Wildman–Crippen LogP) is 2.22. The normalized spacial score (nSPS) is 18.7. The summed E-state index contributed by atoms with van der Waals surface area (Å²) in [5.41, 5.74) is 1.27. The largest absolute Gasteiger partial charge is 0.507 e. The summed E-state index contributed by atoms with van der Waals surface area (Å²) in [5.74, 6) is -1.71. The number of halogens is 1. The molecule has 1 aromatic heterocycles. The summed E-state index contributed by atoms with van der Waals surface area (Å²) in [6.07, 6.45) is 1.43. The van der Waals surface area contributed by atoms with Crippen LogP contribution in [0, 0.1) is 19.7 Å². The highest BCUT2D eigenvalue weighted by molar-refractivity contribution is 6.46. The lowest BCUT2D eigenvalue weighted by Gasteiger charge is -2.26. The number of aliphatic hydroxyl groups excluding tert-OH is 1. The standard InChI is InChI=1S/C21H23FN4O3/c1-12-16(11-23-13(2)24-12)19(27)17-18(14-5-7-15(22)8-6-14)26(10-9-25(3)4)21(29)20(17)28/h5-8,11,18,27H,9-10H2,1-4H3/b19-17+/t18-/m0/s1. The monoisotopic (exact) mass is 398 g/mol. The van der Waals surface area contributed by atoms with Crippen molar-refractivity contribution in [3.05, 3.63) is 64.5 Å². The molecule has 1 N–H and O–H groups in total. The number of ketones is 1. The van der Waals surface area contributed by atoms with E-state index in [1.807, 2.05) is 19.0 Å². The second kappa shape index (κ2) is 8.08. The van der Waals surface area contributed by atoms with Crippen molar-refractivity contribution < 1.29 is 19.1 Å². The molecule has 3 rings (SSSR count). The number of likely N-dealkylation sites (N-methyl/N-ethyl adjacent to an activating group) is 1. The van der Waals surface area contributed by atoms with Crippen LogP contribution in [-0.2, 0) is 9.59 Å². The highest BCUT2D eigenvalue weighted by Gasteiger charge is 2.46. The molecular weight excluding hydrogens is 375 g/mol. The van der Waals surface area contributed by atoms with E-state index in [-0.39, 0.29) is 23.4 Å². The smallest absolute Gasteiger partial charge is 0.295 e. The van der Waals surface area contributed by atoms with Gasteiger partial charge in [0.05, 0.1) is 22.9 Å². The van der Waals surface area contributed by atoms with E-state index in [1.165, 1.54) is 35.4 Å². The van der Waals surface area contributed by atoms with Gasteiger partial charge in [-0.1, -0.05) is 12.1 Å². The number of nitrogens with zero attached hydrogens (tertiary/aromatic N) is 4. The maximum atomic E-state index is 13.5. The van der Waals surface area contributed by atoms with Gasteiger partial charge >= 0.3 is 0 Å². The molecule has 2 aromatic rings. The number of carbonyl (C=O) groups is 2. The average Bonchev–Trinajstić information content (AvgIpc) is 2.91. The van der Waals surface area contributed by atoms with Gasteiger partial charge in [-0.2, -0.15) is 0 Å². The molecule has 1 saturated heterocycles. The summed E-state index contributed by atoms with van der Waals surface area (Å²) >= 11 is 0. The number of Topliss-reactive ketones (excluding diaryl/α,β-unsaturated/α-hetero) is 1. The summed E-state index contributed by atoms with van der Waals surface area (Å²) in [6.45, 7) is 4.21. The first-order chi connectivity index (χ1) is 13.7. The highest BCUT2D eigenvalue weighted by Crippen LogP contribution is 2.39. The van der Waals surface area contributed by atoms with Crippen LogP contribution in [0.4, 0.5) is 4.39 Å². The van der Waals surface area contributed by atoms with E-state index in [9.17, 15) is 19.1 Å². The SMILES string of the molecule is Cc1ncc(/C(O)=C2\C(=O)C(=O)N(CCN(C)C)[C@H]2c2ccc(F)cc2)c(C)n1. The maximum Gasteiger partial charge on any atom is 0.295 e. The van der Waals surface area contributed by atoms with Crippen molar-refractivity contribution in [1.82, 2.24) is 19.8 Å². The number of aliphatic hydroxyl groups is 1. The Kier molecular flexibility index (Phi) is 5.74. The number of aromatic nitrogens is 2. The Labute approximate surface area is 168 Å². The Balaban J connectivity index is 2.17. The first-order valence-electron chi connectivity index (χ1n) is 9.20. The number of aryl methyl sites for hydroxylation is 2. The molecule has 8 heteroatoms. The van der Waals surface area contributed by atoms with Crippen LogP contribution in [0.25, 0.3) is 5.76 Å². The van der Waals surface area contributed by atoms with Crippen LogP contribution in [0.1, 0.15) is 28.7 Å². The van der Waals surface area contributed by atoms with Crippen LogP contribution in [-0.4, -0.2) is 63.7 Å². The summed E-state index contributed by atoms with van der Waals surface area (Å²) in [4.78, 5) is 37.2. The van der Waals surface area contributed by atoms with Crippen molar-refractivity contribution in [1.29, 1.82) is 0 Å². The molecule has 1 aromatic carbocycles. The molecule has 0 unspecified atom stereocenters. The zero-order chi connectivity index (χ0) is 21.3. The molecule has 2 heterocycles. The van der Waals surface area contributed by atoms with Gasteiger partial charge in [-0.15, -0.1) is 0 Å². The molecule has 0 spiro atoms. The predicted molar refractivity (Wildman–Crippen MR) is 105 cm³/mol. The van der Waals surface area contributed by atoms with Gasteiger partial charge in [-0.25, -0.2) is 14.4 Å². The van der Waals surface area contributed by atoms with Gasteiger partial charge in [-0.05, 0) is 45.6 Å². The van der Waals surface area contributed by atoms with Crippen LogP contribution in [0.5, 0.6) is 0 Å². The van der Waals surface area contributed by atoms with Crippen molar-refractivity contribution in [2.24, 2.45) is 0 Å². The number of hydrogen-bond donors (Lipinski definition) is 1. The van der Waals surface area contributed by atoms with Crippen molar-refractivity contribution in [3.8, 4) is 0 Å².